The van der Waals surface area contributed by atoms with Gasteiger partial charge in [-0.05, 0) is 30.7 Å². The van der Waals surface area contributed by atoms with Crippen molar-refractivity contribution in [2.24, 2.45) is 0 Å². The summed E-state index contributed by atoms with van der Waals surface area (Å²) in [5, 5.41) is 12.9. The van der Waals surface area contributed by atoms with Crippen molar-refractivity contribution in [3.05, 3.63) is 29.8 Å². The Morgan fingerprint density at radius 1 is 1.27 bits per heavy atom. The number of piperidine rings is 1. The van der Waals surface area contributed by atoms with Crippen LogP contribution in [0.5, 0.6) is 0 Å². The molecule has 0 bridgehead atoms. The van der Waals surface area contributed by atoms with Gasteiger partial charge in [-0.3, -0.25) is 0 Å². The highest BCUT2D eigenvalue weighted by Gasteiger charge is 2.36. The van der Waals surface area contributed by atoms with E-state index in [2.05, 4.69) is 16.1 Å². The Hall–Kier alpha value is -2.75. The van der Waals surface area contributed by atoms with E-state index in [1.54, 1.807) is 29.2 Å². The fraction of sp³-hybridized carbons (Fsp3) is 0.526. The number of amides is 1. The Morgan fingerprint density at radius 2 is 1.92 bits per heavy atom. The minimum atomic E-state index is -0.743. The maximum absolute atomic E-state index is 12.0. The van der Waals surface area contributed by atoms with Gasteiger partial charge in [-0.15, -0.1) is 0 Å². The van der Waals surface area contributed by atoms with Gasteiger partial charge < -0.3 is 19.7 Å². The summed E-state index contributed by atoms with van der Waals surface area (Å²) in [6, 6.07) is 9.14. The molecule has 1 aliphatic rings. The van der Waals surface area contributed by atoms with Gasteiger partial charge in [-0.1, -0.05) is 13.3 Å². The van der Waals surface area contributed by atoms with Crippen molar-refractivity contribution in [3.8, 4) is 6.07 Å². The lowest BCUT2D eigenvalue weighted by molar-refractivity contribution is 0.0600. The van der Waals surface area contributed by atoms with Crippen LogP contribution < -0.4 is 5.32 Å². The number of carbonyl (C=O) groups is 2. The molecule has 1 aliphatic heterocycles. The second-order valence-corrected chi connectivity index (χ2v) is 6.34. The summed E-state index contributed by atoms with van der Waals surface area (Å²) in [6.07, 6.45) is 2.53. The fourth-order valence-electron chi connectivity index (χ4n) is 2.81. The molecule has 0 radical (unpaired) electrons. The van der Waals surface area contributed by atoms with Crippen molar-refractivity contribution in [2.45, 2.75) is 38.1 Å². The largest absolute Gasteiger partial charge is 0.465 e. The number of hydrogen-bond acceptors (Lipinski definition) is 6. The number of rotatable bonds is 6. The van der Waals surface area contributed by atoms with E-state index in [-0.39, 0.29) is 6.09 Å². The van der Waals surface area contributed by atoms with Crippen LogP contribution in [0.3, 0.4) is 0 Å². The molecule has 1 aromatic rings. The van der Waals surface area contributed by atoms with Gasteiger partial charge in [-0.25, -0.2) is 9.59 Å². The number of unbranched alkanes of at least 4 members (excludes halogenated alkanes) is 1. The number of carbonyl (C=O) groups excluding carboxylic acids is 2. The molecule has 0 atom stereocenters. The van der Waals surface area contributed by atoms with Gasteiger partial charge in [0.1, 0.15) is 5.54 Å². The molecule has 1 heterocycles. The predicted octanol–water partition coefficient (Wildman–Crippen LogP) is 3.18. The maximum atomic E-state index is 12.0. The molecule has 0 unspecified atom stereocenters. The number of benzene rings is 1. The summed E-state index contributed by atoms with van der Waals surface area (Å²) in [6.45, 7) is 3.40. The fourth-order valence-corrected chi connectivity index (χ4v) is 2.81. The second kappa shape index (κ2) is 9.09. The monoisotopic (exact) mass is 359 g/mol. The molecule has 0 aliphatic carbocycles. The van der Waals surface area contributed by atoms with E-state index in [9.17, 15) is 14.9 Å². The Bertz CT molecular complexity index is 658. The van der Waals surface area contributed by atoms with Crippen LogP contribution in [0, 0.1) is 11.3 Å². The van der Waals surface area contributed by atoms with Crippen LogP contribution in [0.1, 0.15) is 43.0 Å². The lowest BCUT2D eigenvalue weighted by atomic mass is 9.88. The molecule has 2 rings (SSSR count). The number of nitrogens with one attached hydrogen (secondary N) is 1. The van der Waals surface area contributed by atoms with Crippen LogP contribution in [0.25, 0.3) is 0 Å². The van der Waals surface area contributed by atoms with Crippen LogP contribution in [0.4, 0.5) is 10.5 Å². The third-order valence-corrected chi connectivity index (χ3v) is 4.50. The predicted molar refractivity (Wildman–Crippen MR) is 96.8 cm³/mol. The van der Waals surface area contributed by atoms with E-state index in [1.165, 1.54) is 7.11 Å². The van der Waals surface area contributed by atoms with Crippen LogP contribution in [-0.2, 0) is 9.47 Å². The molecule has 0 aromatic heterocycles. The summed E-state index contributed by atoms with van der Waals surface area (Å²) in [5.74, 6) is -0.401. The lowest BCUT2D eigenvalue weighted by Crippen LogP contribution is -2.50. The first-order valence-electron chi connectivity index (χ1n) is 8.83. The SMILES string of the molecule is CCCCOC(=O)N1CCC(C#N)(Nc2ccc(C(=O)OC)cc2)CC1. The van der Waals surface area contributed by atoms with Gasteiger partial charge in [0.05, 0.1) is 25.3 Å². The summed E-state index contributed by atoms with van der Waals surface area (Å²) >= 11 is 0. The van der Waals surface area contributed by atoms with Crippen molar-refractivity contribution >= 4 is 17.7 Å². The molecule has 1 fully saturated rings. The number of ether oxygens (including phenoxy) is 2. The minimum Gasteiger partial charge on any atom is -0.465 e. The smallest absolute Gasteiger partial charge is 0.409 e. The van der Waals surface area contributed by atoms with Crippen molar-refractivity contribution in [1.82, 2.24) is 4.90 Å². The Morgan fingerprint density at radius 3 is 2.46 bits per heavy atom. The molecular formula is C19H25N3O4. The second-order valence-electron chi connectivity index (χ2n) is 6.34. The highest BCUT2D eigenvalue weighted by Crippen LogP contribution is 2.27. The molecule has 1 saturated heterocycles. The molecule has 1 N–H and O–H groups in total. The quantitative estimate of drug-likeness (QED) is 0.619. The lowest BCUT2D eigenvalue weighted by Gasteiger charge is -2.37. The van der Waals surface area contributed by atoms with Crippen LogP contribution in [0.15, 0.2) is 24.3 Å². The zero-order valence-electron chi connectivity index (χ0n) is 15.3. The van der Waals surface area contributed by atoms with E-state index in [1.807, 2.05) is 6.92 Å². The Labute approximate surface area is 153 Å². The van der Waals surface area contributed by atoms with Gasteiger partial charge >= 0.3 is 12.1 Å². The summed E-state index contributed by atoms with van der Waals surface area (Å²) in [4.78, 5) is 25.1. The first-order chi connectivity index (χ1) is 12.5. The van der Waals surface area contributed by atoms with Crippen LogP contribution in [0.2, 0.25) is 0 Å². The zero-order chi connectivity index (χ0) is 19.0. The number of esters is 1. The number of methoxy groups -OCH3 is 1. The van der Waals surface area contributed by atoms with Crippen molar-refractivity contribution in [1.29, 1.82) is 5.26 Å². The van der Waals surface area contributed by atoms with E-state index < -0.39 is 11.5 Å². The molecule has 7 nitrogen and oxygen atoms in total. The van der Waals surface area contributed by atoms with Gasteiger partial charge in [0, 0.05) is 31.6 Å². The van der Waals surface area contributed by atoms with E-state index in [0.29, 0.717) is 38.1 Å². The maximum Gasteiger partial charge on any atom is 0.409 e. The van der Waals surface area contributed by atoms with Gasteiger partial charge in [0.25, 0.3) is 0 Å². The standard InChI is InChI=1S/C19H25N3O4/c1-3-4-13-26-18(24)22-11-9-19(14-20,10-12-22)21-16-7-5-15(6-8-16)17(23)25-2/h5-8,21H,3-4,9-13H2,1-2H3. The molecule has 26 heavy (non-hydrogen) atoms. The summed E-state index contributed by atoms with van der Waals surface area (Å²) in [7, 11) is 1.33. The van der Waals surface area contributed by atoms with Gasteiger partial charge in [0.2, 0.25) is 0 Å². The van der Waals surface area contributed by atoms with Gasteiger partial charge in [-0.2, -0.15) is 5.26 Å². The van der Waals surface area contributed by atoms with E-state index >= 15 is 0 Å². The average Bonchev–Trinajstić information content (AvgIpc) is 2.68. The first kappa shape index (κ1) is 19.6. The van der Waals surface area contributed by atoms with E-state index in [0.717, 1.165) is 18.5 Å². The normalized spacial score (nSPS) is 15.7. The number of nitrogens with zero attached hydrogens (tertiary/aromatic N) is 2. The molecular weight excluding hydrogens is 334 g/mol. The highest BCUT2D eigenvalue weighted by atomic mass is 16.6. The average molecular weight is 359 g/mol. The topological polar surface area (TPSA) is 91.7 Å². The van der Waals surface area contributed by atoms with Gasteiger partial charge in [0.15, 0.2) is 0 Å². The Balaban J connectivity index is 1.93. The summed E-state index contributed by atoms with van der Waals surface area (Å²) in [5.41, 5.74) is 0.458. The molecule has 0 spiro atoms. The summed E-state index contributed by atoms with van der Waals surface area (Å²) < 4.78 is 9.90. The Kier molecular flexibility index (Phi) is 6.84. The third kappa shape index (κ3) is 4.88. The van der Waals surface area contributed by atoms with Crippen LogP contribution >= 0.6 is 0 Å². The first-order valence-corrected chi connectivity index (χ1v) is 8.83. The van der Waals surface area contributed by atoms with Crippen LogP contribution in [-0.4, -0.2) is 49.3 Å². The number of likely N-dealkylation sites (tertiary alicyclic amines) is 1. The molecule has 1 amide bonds. The molecule has 1 aromatic carbocycles. The highest BCUT2D eigenvalue weighted by molar-refractivity contribution is 5.89. The van der Waals surface area contributed by atoms with Crippen molar-refractivity contribution < 1.29 is 19.1 Å². The molecule has 140 valence electrons. The van der Waals surface area contributed by atoms with Crippen molar-refractivity contribution in [2.75, 3.05) is 32.1 Å². The molecule has 0 saturated carbocycles. The number of nitriles is 1. The number of anilines is 1. The third-order valence-electron chi connectivity index (χ3n) is 4.50. The van der Waals surface area contributed by atoms with E-state index in [4.69, 9.17) is 4.74 Å². The zero-order valence-corrected chi connectivity index (χ0v) is 15.3. The number of hydrogen-bond donors (Lipinski definition) is 1. The minimum absolute atomic E-state index is 0.313. The molecule has 7 heteroatoms. The van der Waals surface area contributed by atoms with Crippen molar-refractivity contribution in [3.63, 3.8) is 0 Å².